The van der Waals surface area contributed by atoms with Gasteiger partial charge in [0.15, 0.2) is 0 Å². The van der Waals surface area contributed by atoms with Gasteiger partial charge in [0.2, 0.25) is 0 Å². The van der Waals surface area contributed by atoms with Crippen LogP contribution in [-0.2, 0) is 4.79 Å². The van der Waals surface area contributed by atoms with Crippen molar-refractivity contribution < 1.29 is 4.79 Å². The van der Waals surface area contributed by atoms with Crippen LogP contribution in [0.1, 0.15) is 12.5 Å². The molecule has 2 aromatic carbocycles. The Morgan fingerprint density at radius 3 is 2.22 bits per heavy atom. The molecular formula is C21H21Cl2N3O. The summed E-state index contributed by atoms with van der Waals surface area (Å²) in [6.45, 7) is 3.33. The smallest absolute Gasteiger partial charge is 0.280 e. The molecule has 1 aliphatic heterocycles. The van der Waals surface area contributed by atoms with Gasteiger partial charge < -0.3 is 4.90 Å². The number of benzene rings is 2. The molecule has 0 N–H and O–H groups in total. The van der Waals surface area contributed by atoms with Crippen molar-refractivity contribution in [2.45, 2.75) is 6.92 Å². The van der Waals surface area contributed by atoms with Gasteiger partial charge in [0.25, 0.3) is 5.91 Å². The molecule has 0 aliphatic carbocycles. The Hall–Kier alpha value is -2.30. The topological polar surface area (TPSA) is 35.9 Å². The van der Waals surface area contributed by atoms with Crippen molar-refractivity contribution >= 4 is 52.3 Å². The van der Waals surface area contributed by atoms with Crippen LogP contribution in [0, 0.1) is 0 Å². The minimum absolute atomic E-state index is 0.117. The van der Waals surface area contributed by atoms with Crippen molar-refractivity contribution in [2.75, 3.05) is 34.8 Å². The Morgan fingerprint density at radius 2 is 1.63 bits per heavy atom. The van der Waals surface area contributed by atoms with Crippen molar-refractivity contribution in [3.05, 3.63) is 65.7 Å². The molecule has 140 valence electrons. The highest BCUT2D eigenvalue weighted by molar-refractivity contribution is 6.32. The number of hydrazone groups is 1. The number of halogens is 2. The third kappa shape index (κ3) is 4.52. The zero-order valence-corrected chi connectivity index (χ0v) is 16.6. The van der Waals surface area contributed by atoms with Gasteiger partial charge in [-0.15, -0.1) is 23.2 Å². The van der Waals surface area contributed by atoms with E-state index in [0.29, 0.717) is 23.0 Å². The van der Waals surface area contributed by atoms with E-state index in [0.717, 1.165) is 30.0 Å². The average molecular weight is 402 g/mol. The van der Waals surface area contributed by atoms with Gasteiger partial charge in [0, 0.05) is 30.5 Å². The summed E-state index contributed by atoms with van der Waals surface area (Å²) in [4.78, 5) is 14.9. The first kappa shape index (κ1) is 19.5. The van der Waals surface area contributed by atoms with Gasteiger partial charge in [-0.05, 0) is 42.8 Å². The first-order chi connectivity index (χ1) is 13.1. The predicted octanol–water partition coefficient (Wildman–Crippen LogP) is 4.78. The fourth-order valence-electron chi connectivity index (χ4n) is 2.95. The molecule has 0 spiro atoms. The highest BCUT2D eigenvalue weighted by Gasteiger charge is 2.28. The first-order valence-electron chi connectivity index (χ1n) is 8.77. The molecule has 27 heavy (non-hydrogen) atoms. The number of rotatable bonds is 7. The molecule has 6 heteroatoms. The SMILES string of the molecule is CC1=NN(c2ccccc2)C(=O)/C1=C\c1ccc(N(CCCl)CCCl)cc1. The normalized spacial score (nSPS) is 15.4. The van der Waals surface area contributed by atoms with E-state index >= 15 is 0 Å². The van der Waals surface area contributed by atoms with E-state index in [-0.39, 0.29) is 5.91 Å². The Kier molecular flexibility index (Phi) is 6.54. The summed E-state index contributed by atoms with van der Waals surface area (Å²) in [5, 5.41) is 5.85. The summed E-state index contributed by atoms with van der Waals surface area (Å²) in [6.07, 6.45) is 1.88. The number of nitrogens with zero attached hydrogens (tertiary/aromatic N) is 3. The standard InChI is InChI=1S/C21H21Cl2N3O/c1-16-20(21(27)26(24-16)19-5-3-2-4-6-19)15-17-7-9-18(10-8-17)25(13-11-22)14-12-23/h2-10,15H,11-14H2,1H3/b20-15-. The third-order valence-electron chi connectivity index (χ3n) is 4.34. The van der Waals surface area contributed by atoms with Crippen molar-refractivity contribution in [1.82, 2.24) is 0 Å². The maximum atomic E-state index is 12.8. The van der Waals surface area contributed by atoms with Crippen LogP contribution in [-0.4, -0.2) is 36.5 Å². The quantitative estimate of drug-likeness (QED) is 0.494. The molecule has 4 nitrogen and oxygen atoms in total. The summed E-state index contributed by atoms with van der Waals surface area (Å²) in [7, 11) is 0. The van der Waals surface area contributed by atoms with Crippen LogP contribution >= 0.6 is 23.2 Å². The van der Waals surface area contributed by atoms with E-state index in [1.165, 1.54) is 5.01 Å². The molecule has 0 saturated heterocycles. The lowest BCUT2D eigenvalue weighted by atomic mass is 10.1. The number of anilines is 2. The molecule has 3 rings (SSSR count). The molecule has 0 unspecified atom stereocenters. The molecule has 2 aromatic rings. The number of amides is 1. The largest absolute Gasteiger partial charge is 0.369 e. The van der Waals surface area contributed by atoms with Gasteiger partial charge in [0.1, 0.15) is 0 Å². The maximum Gasteiger partial charge on any atom is 0.280 e. The molecule has 0 aromatic heterocycles. The Labute approximate surface area is 169 Å². The highest BCUT2D eigenvalue weighted by atomic mass is 35.5. The van der Waals surface area contributed by atoms with Crippen LogP contribution in [0.15, 0.2) is 65.3 Å². The van der Waals surface area contributed by atoms with E-state index in [2.05, 4.69) is 10.0 Å². The maximum absolute atomic E-state index is 12.8. The van der Waals surface area contributed by atoms with E-state index in [9.17, 15) is 4.79 Å². The number of para-hydroxylation sites is 1. The number of carbonyl (C=O) groups is 1. The summed E-state index contributed by atoms with van der Waals surface area (Å²) in [6, 6.07) is 17.5. The van der Waals surface area contributed by atoms with Crippen LogP contribution in [0.2, 0.25) is 0 Å². The molecule has 0 atom stereocenters. The predicted molar refractivity (Wildman–Crippen MR) is 115 cm³/mol. The van der Waals surface area contributed by atoms with Gasteiger partial charge in [-0.1, -0.05) is 30.3 Å². The van der Waals surface area contributed by atoms with Crippen molar-refractivity contribution in [3.8, 4) is 0 Å². The van der Waals surface area contributed by atoms with Crippen molar-refractivity contribution in [2.24, 2.45) is 5.10 Å². The van der Waals surface area contributed by atoms with Crippen LogP contribution in [0.25, 0.3) is 6.08 Å². The van der Waals surface area contributed by atoms with Gasteiger partial charge in [-0.2, -0.15) is 10.1 Å². The molecule has 1 amide bonds. The van der Waals surface area contributed by atoms with Crippen LogP contribution in [0.3, 0.4) is 0 Å². The molecule has 1 heterocycles. The fraction of sp³-hybridized carbons (Fsp3) is 0.238. The zero-order chi connectivity index (χ0) is 19.2. The molecule has 0 radical (unpaired) electrons. The molecule has 0 saturated carbocycles. The Balaban J connectivity index is 1.80. The number of carbonyl (C=O) groups excluding carboxylic acids is 1. The third-order valence-corrected chi connectivity index (χ3v) is 4.68. The van der Waals surface area contributed by atoms with Gasteiger partial charge in [0.05, 0.1) is 17.0 Å². The van der Waals surface area contributed by atoms with Gasteiger partial charge in [-0.3, -0.25) is 4.79 Å². The summed E-state index contributed by atoms with van der Waals surface area (Å²) in [5.74, 6) is 0.971. The van der Waals surface area contributed by atoms with E-state index in [1.807, 2.05) is 67.6 Å². The molecule has 0 fully saturated rings. The second-order valence-corrected chi connectivity index (χ2v) is 6.91. The summed E-state index contributed by atoms with van der Waals surface area (Å²) < 4.78 is 0. The van der Waals surface area contributed by atoms with E-state index in [4.69, 9.17) is 23.2 Å². The van der Waals surface area contributed by atoms with E-state index in [1.54, 1.807) is 0 Å². The number of alkyl halides is 2. The lowest BCUT2D eigenvalue weighted by Crippen LogP contribution is -2.27. The number of hydrogen-bond donors (Lipinski definition) is 0. The lowest BCUT2D eigenvalue weighted by Gasteiger charge is -2.22. The zero-order valence-electron chi connectivity index (χ0n) is 15.1. The second kappa shape index (κ2) is 9.07. The first-order valence-corrected chi connectivity index (χ1v) is 9.84. The fourth-order valence-corrected chi connectivity index (χ4v) is 3.36. The highest BCUT2D eigenvalue weighted by Crippen LogP contribution is 2.25. The summed E-state index contributed by atoms with van der Waals surface area (Å²) in [5.41, 5.74) is 4.08. The van der Waals surface area contributed by atoms with Crippen molar-refractivity contribution in [1.29, 1.82) is 0 Å². The minimum atomic E-state index is -0.117. The monoisotopic (exact) mass is 401 g/mol. The lowest BCUT2D eigenvalue weighted by molar-refractivity contribution is -0.114. The molecular weight excluding hydrogens is 381 g/mol. The summed E-state index contributed by atoms with van der Waals surface area (Å²) >= 11 is 11.7. The van der Waals surface area contributed by atoms with Crippen LogP contribution < -0.4 is 9.91 Å². The van der Waals surface area contributed by atoms with Crippen molar-refractivity contribution in [3.63, 3.8) is 0 Å². The minimum Gasteiger partial charge on any atom is -0.369 e. The average Bonchev–Trinajstić information content (AvgIpc) is 2.97. The molecule has 1 aliphatic rings. The van der Waals surface area contributed by atoms with Crippen LogP contribution in [0.4, 0.5) is 11.4 Å². The molecule has 0 bridgehead atoms. The van der Waals surface area contributed by atoms with Gasteiger partial charge in [-0.25, -0.2) is 0 Å². The van der Waals surface area contributed by atoms with Gasteiger partial charge >= 0.3 is 0 Å². The van der Waals surface area contributed by atoms with Crippen LogP contribution in [0.5, 0.6) is 0 Å². The Bertz CT molecular complexity index is 841. The second-order valence-electron chi connectivity index (χ2n) is 6.15. The van der Waals surface area contributed by atoms with E-state index < -0.39 is 0 Å². The number of hydrogen-bond acceptors (Lipinski definition) is 3. The Morgan fingerprint density at radius 1 is 1.00 bits per heavy atom.